The molecule has 1 fully saturated rings. The molecule has 0 bridgehead atoms. The van der Waals surface area contributed by atoms with Crippen molar-refractivity contribution in [2.24, 2.45) is 5.92 Å². The molecule has 1 heterocycles. The van der Waals surface area contributed by atoms with Crippen molar-refractivity contribution in [1.29, 1.82) is 0 Å². The Hall–Kier alpha value is -1.19. The lowest BCUT2D eigenvalue weighted by molar-refractivity contribution is -0.113. The average Bonchev–Trinajstić information content (AvgIpc) is 2.41. The van der Waals surface area contributed by atoms with Gasteiger partial charge in [-0.15, -0.1) is 0 Å². The number of rotatable bonds is 5. The van der Waals surface area contributed by atoms with Crippen molar-refractivity contribution >= 4 is 6.29 Å². The van der Waals surface area contributed by atoms with Crippen LogP contribution >= 0.6 is 0 Å². The molecule has 0 amide bonds. The van der Waals surface area contributed by atoms with Crippen molar-refractivity contribution in [2.45, 2.75) is 37.9 Å². The molecule has 3 heteroatoms. The lowest BCUT2D eigenvalue weighted by atomic mass is 9.85. The Bertz CT molecular complexity index is 363. The van der Waals surface area contributed by atoms with Crippen molar-refractivity contribution in [2.75, 3.05) is 6.61 Å². The highest BCUT2D eigenvalue weighted by Gasteiger charge is 2.31. The number of carbonyl (C=O) groups excluding carboxylic acids is 1. The van der Waals surface area contributed by atoms with E-state index in [1.807, 2.05) is 18.2 Å². The van der Waals surface area contributed by atoms with Gasteiger partial charge in [0.25, 0.3) is 0 Å². The number of aliphatic hydroxyl groups excluding tert-OH is 1. The van der Waals surface area contributed by atoms with Crippen LogP contribution in [-0.4, -0.2) is 30.2 Å². The fourth-order valence-electron chi connectivity index (χ4n) is 2.63. The van der Waals surface area contributed by atoms with E-state index in [1.165, 1.54) is 5.56 Å². The molecule has 0 saturated carbocycles. The number of hydrogen-bond acceptors (Lipinski definition) is 3. The van der Waals surface area contributed by atoms with Crippen LogP contribution in [0.1, 0.15) is 24.8 Å². The summed E-state index contributed by atoms with van der Waals surface area (Å²) in [5.74, 6) is 0.0733. The first kappa shape index (κ1) is 13.2. The van der Waals surface area contributed by atoms with Crippen LogP contribution in [0.25, 0.3) is 0 Å². The summed E-state index contributed by atoms with van der Waals surface area (Å²) in [6.45, 7) is 0.752. The monoisotopic (exact) mass is 248 g/mol. The van der Waals surface area contributed by atoms with Gasteiger partial charge in [-0.2, -0.15) is 0 Å². The lowest BCUT2D eigenvalue weighted by Crippen LogP contribution is -2.39. The van der Waals surface area contributed by atoms with E-state index in [-0.39, 0.29) is 18.4 Å². The Balaban J connectivity index is 2.01. The van der Waals surface area contributed by atoms with Gasteiger partial charge in [-0.1, -0.05) is 30.3 Å². The maximum absolute atomic E-state index is 10.5. The highest BCUT2D eigenvalue weighted by molar-refractivity contribution is 5.50. The molecule has 1 aromatic carbocycles. The van der Waals surface area contributed by atoms with Gasteiger partial charge < -0.3 is 14.6 Å². The molecule has 3 nitrogen and oxygen atoms in total. The summed E-state index contributed by atoms with van der Waals surface area (Å²) in [7, 11) is 0. The molecule has 3 unspecified atom stereocenters. The summed E-state index contributed by atoms with van der Waals surface area (Å²) in [6.07, 6.45) is 3.16. The Morgan fingerprint density at radius 1 is 1.39 bits per heavy atom. The molecule has 18 heavy (non-hydrogen) atoms. The van der Waals surface area contributed by atoms with Crippen molar-refractivity contribution in [3.05, 3.63) is 35.9 Å². The second-order valence-electron chi connectivity index (χ2n) is 4.87. The third-order valence-corrected chi connectivity index (χ3v) is 3.60. The normalized spacial score (nSPS) is 25.6. The van der Waals surface area contributed by atoms with Crippen molar-refractivity contribution in [3.63, 3.8) is 0 Å². The molecule has 1 aliphatic rings. The number of benzene rings is 1. The van der Waals surface area contributed by atoms with Gasteiger partial charge >= 0.3 is 0 Å². The van der Waals surface area contributed by atoms with E-state index in [4.69, 9.17) is 4.74 Å². The standard InChI is InChI=1S/C15H20O3/c16-9-8-14(17)13-7-4-10-18-15(13)11-12-5-2-1-3-6-12/h1-3,5-6,9,13-15,17H,4,7-8,10-11H2. The van der Waals surface area contributed by atoms with Crippen LogP contribution in [0, 0.1) is 5.92 Å². The fraction of sp³-hybridized carbons (Fsp3) is 0.533. The summed E-state index contributed by atoms with van der Waals surface area (Å²) >= 11 is 0. The number of hydrogen-bond donors (Lipinski definition) is 1. The third kappa shape index (κ3) is 3.40. The van der Waals surface area contributed by atoms with Crippen molar-refractivity contribution < 1.29 is 14.6 Å². The Kier molecular flexibility index (Phi) is 4.90. The van der Waals surface area contributed by atoms with Gasteiger partial charge in [0, 0.05) is 18.9 Å². The van der Waals surface area contributed by atoms with E-state index >= 15 is 0 Å². The maximum Gasteiger partial charge on any atom is 0.122 e. The van der Waals surface area contributed by atoms with Gasteiger partial charge in [-0.3, -0.25) is 0 Å². The maximum atomic E-state index is 10.5. The van der Waals surface area contributed by atoms with Crippen LogP contribution in [-0.2, 0) is 16.0 Å². The highest BCUT2D eigenvalue weighted by Crippen LogP contribution is 2.27. The predicted octanol–water partition coefficient (Wildman–Crippen LogP) is 1.97. The molecule has 0 spiro atoms. The molecule has 98 valence electrons. The Morgan fingerprint density at radius 3 is 2.89 bits per heavy atom. The second-order valence-corrected chi connectivity index (χ2v) is 4.87. The van der Waals surface area contributed by atoms with E-state index in [0.717, 1.165) is 32.2 Å². The topological polar surface area (TPSA) is 46.5 Å². The van der Waals surface area contributed by atoms with Crippen LogP contribution in [0.3, 0.4) is 0 Å². The largest absolute Gasteiger partial charge is 0.392 e. The molecular weight excluding hydrogens is 228 g/mol. The van der Waals surface area contributed by atoms with Crippen LogP contribution in [0.5, 0.6) is 0 Å². The van der Waals surface area contributed by atoms with Gasteiger partial charge in [0.15, 0.2) is 0 Å². The van der Waals surface area contributed by atoms with Gasteiger partial charge in [0.2, 0.25) is 0 Å². The lowest BCUT2D eigenvalue weighted by Gasteiger charge is -2.34. The molecule has 3 atom stereocenters. The smallest absolute Gasteiger partial charge is 0.122 e. The molecule has 1 aliphatic heterocycles. The molecule has 0 aromatic heterocycles. The van der Waals surface area contributed by atoms with Crippen molar-refractivity contribution in [3.8, 4) is 0 Å². The predicted molar refractivity (Wildman–Crippen MR) is 69.3 cm³/mol. The minimum Gasteiger partial charge on any atom is -0.392 e. The van der Waals surface area contributed by atoms with Crippen molar-refractivity contribution in [1.82, 2.24) is 0 Å². The van der Waals surface area contributed by atoms with E-state index in [9.17, 15) is 9.90 Å². The SMILES string of the molecule is O=CCC(O)C1CCCOC1Cc1ccccc1. The van der Waals surface area contributed by atoms with Gasteiger partial charge in [0.1, 0.15) is 6.29 Å². The van der Waals surface area contributed by atoms with E-state index in [0.29, 0.717) is 0 Å². The first-order valence-corrected chi connectivity index (χ1v) is 6.58. The van der Waals surface area contributed by atoms with Crippen LogP contribution in [0.15, 0.2) is 30.3 Å². The fourth-order valence-corrected chi connectivity index (χ4v) is 2.63. The molecule has 1 N–H and O–H groups in total. The zero-order valence-corrected chi connectivity index (χ0v) is 10.5. The molecule has 0 aliphatic carbocycles. The number of aldehydes is 1. The van der Waals surface area contributed by atoms with Gasteiger partial charge in [-0.25, -0.2) is 0 Å². The third-order valence-electron chi connectivity index (χ3n) is 3.60. The van der Waals surface area contributed by atoms with Crippen LogP contribution < -0.4 is 0 Å². The average molecular weight is 248 g/mol. The number of aliphatic hydroxyl groups is 1. The molecule has 1 saturated heterocycles. The van der Waals surface area contributed by atoms with Crippen LogP contribution in [0.4, 0.5) is 0 Å². The zero-order valence-electron chi connectivity index (χ0n) is 10.5. The summed E-state index contributed by atoms with van der Waals surface area (Å²) < 4.78 is 5.79. The molecule has 1 aromatic rings. The number of carbonyl (C=O) groups is 1. The minimum atomic E-state index is -0.573. The Labute approximate surface area is 108 Å². The first-order valence-electron chi connectivity index (χ1n) is 6.58. The number of ether oxygens (including phenoxy) is 1. The highest BCUT2D eigenvalue weighted by atomic mass is 16.5. The second kappa shape index (κ2) is 6.66. The Morgan fingerprint density at radius 2 is 2.17 bits per heavy atom. The minimum absolute atomic E-state index is 0.0242. The molecular formula is C15H20O3. The van der Waals surface area contributed by atoms with E-state index in [1.54, 1.807) is 0 Å². The summed E-state index contributed by atoms with van der Waals surface area (Å²) in [4.78, 5) is 10.5. The molecule has 2 rings (SSSR count). The zero-order chi connectivity index (χ0) is 12.8. The van der Waals surface area contributed by atoms with E-state index in [2.05, 4.69) is 12.1 Å². The summed E-state index contributed by atoms with van der Waals surface area (Å²) in [6, 6.07) is 10.1. The van der Waals surface area contributed by atoms with E-state index < -0.39 is 6.10 Å². The quantitative estimate of drug-likeness (QED) is 0.810. The summed E-state index contributed by atoms with van der Waals surface area (Å²) in [5.41, 5.74) is 1.22. The first-order chi connectivity index (χ1) is 8.81. The summed E-state index contributed by atoms with van der Waals surface area (Å²) in [5, 5.41) is 10.0. The van der Waals surface area contributed by atoms with Gasteiger partial charge in [-0.05, 0) is 24.8 Å². The molecule has 0 radical (unpaired) electrons. The van der Waals surface area contributed by atoms with Gasteiger partial charge in [0.05, 0.1) is 12.2 Å². The van der Waals surface area contributed by atoms with Crippen LogP contribution in [0.2, 0.25) is 0 Å².